The third kappa shape index (κ3) is 2.42. The lowest BCUT2D eigenvalue weighted by atomic mass is 10.2. The number of sulfonamides is 1. The van der Waals surface area contributed by atoms with E-state index in [0.29, 0.717) is 11.4 Å². The van der Waals surface area contributed by atoms with Crippen LogP contribution >= 0.6 is 11.3 Å². The van der Waals surface area contributed by atoms with Crippen molar-refractivity contribution in [3.8, 4) is 0 Å². The minimum atomic E-state index is -3.53. The van der Waals surface area contributed by atoms with Crippen LogP contribution in [0, 0.1) is 6.92 Å². The maximum atomic E-state index is 12.0. The summed E-state index contributed by atoms with van der Waals surface area (Å²) in [7, 11) is -3.53. The van der Waals surface area contributed by atoms with E-state index >= 15 is 0 Å². The van der Waals surface area contributed by atoms with Crippen LogP contribution in [0.1, 0.15) is 5.56 Å². The van der Waals surface area contributed by atoms with Gasteiger partial charge in [0.05, 0.1) is 11.4 Å². The molecule has 0 amide bonds. The predicted octanol–water partition coefficient (Wildman–Crippen LogP) is 2.44. The summed E-state index contributed by atoms with van der Waals surface area (Å²) in [6.07, 6.45) is 0. The van der Waals surface area contributed by atoms with Crippen molar-refractivity contribution in [2.24, 2.45) is 0 Å². The average Bonchev–Trinajstić information content (AvgIpc) is 2.77. The molecular weight excluding hydrogens is 256 g/mol. The van der Waals surface area contributed by atoms with Crippen molar-refractivity contribution in [3.63, 3.8) is 0 Å². The molecule has 17 heavy (non-hydrogen) atoms. The summed E-state index contributed by atoms with van der Waals surface area (Å²) >= 11 is 1.17. The first kappa shape index (κ1) is 11.9. The molecule has 4 nitrogen and oxygen atoms in total. The number of nitrogens with two attached hydrogens (primary N) is 1. The zero-order valence-electron chi connectivity index (χ0n) is 9.17. The van der Waals surface area contributed by atoms with E-state index in [1.165, 1.54) is 11.3 Å². The summed E-state index contributed by atoms with van der Waals surface area (Å²) in [6.45, 7) is 1.81. The van der Waals surface area contributed by atoms with Gasteiger partial charge in [0.15, 0.2) is 0 Å². The first-order chi connectivity index (χ1) is 8.00. The van der Waals surface area contributed by atoms with E-state index in [0.717, 1.165) is 5.56 Å². The van der Waals surface area contributed by atoms with Crippen molar-refractivity contribution in [2.45, 2.75) is 11.1 Å². The van der Waals surface area contributed by atoms with Crippen molar-refractivity contribution < 1.29 is 8.42 Å². The second kappa shape index (κ2) is 4.38. The molecule has 2 rings (SSSR count). The lowest BCUT2D eigenvalue weighted by molar-refractivity contribution is 0.603. The topological polar surface area (TPSA) is 72.2 Å². The number of rotatable bonds is 3. The van der Waals surface area contributed by atoms with E-state index in [-0.39, 0.29) is 4.21 Å². The zero-order valence-corrected chi connectivity index (χ0v) is 10.8. The smallest absolute Gasteiger partial charge is 0.271 e. The van der Waals surface area contributed by atoms with E-state index in [1.54, 1.807) is 29.6 Å². The highest BCUT2D eigenvalue weighted by Crippen LogP contribution is 2.27. The fourth-order valence-corrected chi connectivity index (χ4v) is 3.58. The minimum Gasteiger partial charge on any atom is -0.397 e. The van der Waals surface area contributed by atoms with Gasteiger partial charge < -0.3 is 5.73 Å². The van der Waals surface area contributed by atoms with Crippen LogP contribution in [-0.2, 0) is 10.0 Å². The fraction of sp³-hybridized carbons (Fsp3) is 0.0909. The lowest BCUT2D eigenvalue weighted by Gasteiger charge is -2.11. The third-order valence-electron chi connectivity index (χ3n) is 2.30. The first-order valence-corrected chi connectivity index (χ1v) is 7.28. The molecule has 0 aliphatic carbocycles. The predicted molar refractivity (Wildman–Crippen MR) is 70.7 cm³/mol. The van der Waals surface area contributed by atoms with Gasteiger partial charge in [0, 0.05) is 0 Å². The number of benzene rings is 1. The van der Waals surface area contributed by atoms with Crippen LogP contribution in [0.3, 0.4) is 0 Å². The summed E-state index contributed by atoms with van der Waals surface area (Å²) in [4.78, 5) is 0. The third-order valence-corrected chi connectivity index (χ3v) is 5.05. The molecule has 1 aromatic carbocycles. The van der Waals surface area contributed by atoms with Gasteiger partial charge in [-0.2, -0.15) is 0 Å². The van der Waals surface area contributed by atoms with Gasteiger partial charge >= 0.3 is 0 Å². The first-order valence-electron chi connectivity index (χ1n) is 4.92. The summed E-state index contributed by atoms with van der Waals surface area (Å²) in [5.74, 6) is 0. The Balaban J connectivity index is 2.40. The maximum Gasteiger partial charge on any atom is 0.271 e. The molecular formula is C11H12N2O2S2. The van der Waals surface area contributed by atoms with Gasteiger partial charge in [-0.3, -0.25) is 4.72 Å². The molecule has 0 spiro atoms. The van der Waals surface area contributed by atoms with Crippen molar-refractivity contribution in [2.75, 3.05) is 10.5 Å². The van der Waals surface area contributed by atoms with Crippen molar-refractivity contribution in [3.05, 3.63) is 41.3 Å². The van der Waals surface area contributed by atoms with Crippen molar-refractivity contribution >= 4 is 32.7 Å². The lowest BCUT2D eigenvalue weighted by Crippen LogP contribution is -2.13. The van der Waals surface area contributed by atoms with E-state index in [2.05, 4.69) is 4.72 Å². The monoisotopic (exact) mass is 268 g/mol. The molecule has 0 bridgehead atoms. The van der Waals surface area contributed by atoms with E-state index < -0.39 is 10.0 Å². The number of anilines is 2. The van der Waals surface area contributed by atoms with Gasteiger partial charge in [-0.05, 0) is 30.0 Å². The molecule has 0 radical (unpaired) electrons. The van der Waals surface area contributed by atoms with Crippen molar-refractivity contribution in [1.29, 1.82) is 0 Å². The van der Waals surface area contributed by atoms with Crippen LogP contribution in [0.4, 0.5) is 11.4 Å². The van der Waals surface area contributed by atoms with E-state index in [9.17, 15) is 8.42 Å². The Morgan fingerprint density at radius 3 is 2.59 bits per heavy atom. The molecule has 0 aliphatic rings. The number of aryl methyl sites for hydroxylation is 1. The normalized spacial score (nSPS) is 11.4. The number of nitrogens with one attached hydrogen (secondary N) is 1. The SMILES string of the molecule is Cc1cccc(N)c1NS(=O)(=O)c1cccs1. The van der Waals surface area contributed by atoms with Gasteiger partial charge in [0.2, 0.25) is 0 Å². The summed E-state index contributed by atoms with van der Waals surface area (Å²) in [5, 5.41) is 1.72. The standard InChI is InChI=1S/C11H12N2O2S2/c1-8-4-2-5-9(12)11(8)13-17(14,15)10-6-3-7-16-10/h2-7,13H,12H2,1H3. The molecule has 1 heterocycles. The Labute approximate surface area is 104 Å². The van der Waals surface area contributed by atoms with Crippen LogP contribution in [0.15, 0.2) is 39.9 Å². The van der Waals surface area contributed by atoms with Crippen LogP contribution in [0.2, 0.25) is 0 Å². The van der Waals surface area contributed by atoms with Gasteiger partial charge in [-0.25, -0.2) is 8.42 Å². The Morgan fingerprint density at radius 1 is 1.24 bits per heavy atom. The molecule has 0 unspecified atom stereocenters. The van der Waals surface area contributed by atoms with Crippen LogP contribution in [0.25, 0.3) is 0 Å². The molecule has 0 saturated heterocycles. The largest absolute Gasteiger partial charge is 0.397 e. The molecule has 3 N–H and O–H groups in total. The number of hydrogen-bond donors (Lipinski definition) is 2. The van der Waals surface area contributed by atoms with E-state index in [4.69, 9.17) is 5.73 Å². The number of hydrogen-bond acceptors (Lipinski definition) is 4. The van der Waals surface area contributed by atoms with Gasteiger partial charge in [-0.15, -0.1) is 11.3 Å². The minimum absolute atomic E-state index is 0.278. The molecule has 0 saturated carbocycles. The summed E-state index contributed by atoms with van der Waals surface area (Å²) in [6, 6.07) is 8.51. The highest BCUT2D eigenvalue weighted by atomic mass is 32.2. The molecule has 1 aromatic heterocycles. The fourth-order valence-electron chi connectivity index (χ4n) is 1.43. The molecule has 0 fully saturated rings. The quantitative estimate of drug-likeness (QED) is 0.840. The molecule has 0 atom stereocenters. The van der Waals surface area contributed by atoms with Crippen LogP contribution in [0.5, 0.6) is 0 Å². The molecule has 2 aromatic rings. The Hall–Kier alpha value is -1.53. The molecule has 90 valence electrons. The molecule has 6 heteroatoms. The van der Waals surface area contributed by atoms with Gasteiger partial charge in [0.1, 0.15) is 4.21 Å². The maximum absolute atomic E-state index is 12.0. The van der Waals surface area contributed by atoms with E-state index in [1.807, 2.05) is 13.0 Å². The summed E-state index contributed by atoms with van der Waals surface area (Å²) in [5.41, 5.74) is 7.42. The van der Waals surface area contributed by atoms with Crippen LogP contribution < -0.4 is 10.5 Å². The highest BCUT2D eigenvalue weighted by molar-refractivity contribution is 7.94. The molecule has 0 aliphatic heterocycles. The second-order valence-corrected chi connectivity index (χ2v) is 6.43. The number of thiophene rings is 1. The summed E-state index contributed by atoms with van der Waals surface area (Å²) < 4.78 is 26.8. The number of para-hydroxylation sites is 1. The Morgan fingerprint density at radius 2 is 2.00 bits per heavy atom. The zero-order chi connectivity index (χ0) is 12.5. The second-order valence-electron chi connectivity index (χ2n) is 3.58. The van der Waals surface area contributed by atoms with Crippen molar-refractivity contribution in [1.82, 2.24) is 0 Å². The van der Waals surface area contributed by atoms with Gasteiger partial charge in [0.25, 0.3) is 10.0 Å². The highest BCUT2D eigenvalue weighted by Gasteiger charge is 2.17. The van der Waals surface area contributed by atoms with Gasteiger partial charge in [-0.1, -0.05) is 18.2 Å². The van der Waals surface area contributed by atoms with Crippen LogP contribution in [-0.4, -0.2) is 8.42 Å². The Kier molecular flexibility index (Phi) is 3.08. The Bertz CT molecular complexity index is 599. The average molecular weight is 268 g/mol. The number of nitrogen functional groups attached to an aromatic ring is 1.